The molecular formula is C20H28N2. The average molecular weight is 296 g/mol. The van der Waals surface area contributed by atoms with Gasteiger partial charge in [0.1, 0.15) is 0 Å². The molecule has 0 heterocycles. The van der Waals surface area contributed by atoms with E-state index in [0.717, 1.165) is 11.4 Å². The van der Waals surface area contributed by atoms with Crippen molar-refractivity contribution < 1.29 is 0 Å². The Balaban J connectivity index is 2.71. The van der Waals surface area contributed by atoms with E-state index in [1.54, 1.807) is 0 Å². The fraction of sp³-hybridized carbons (Fsp3) is 0.400. The molecule has 0 amide bonds. The van der Waals surface area contributed by atoms with Crippen molar-refractivity contribution in [2.75, 3.05) is 5.01 Å². The molecule has 0 aliphatic heterocycles. The molecule has 0 saturated heterocycles. The largest absolute Gasteiger partial charge is 0.279 e. The van der Waals surface area contributed by atoms with Crippen LogP contribution in [0.15, 0.2) is 12.1 Å². The molecule has 0 atom stereocenters. The molecular weight excluding hydrogens is 268 g/mol. The van der Waals surface area contributed by atoms with Crippen LogP contribution >= 0.6 is 0 Å². The summed E-state index contributed by atoms with van der Waals surface area (Å²) in [6, 6.07) is 4.44. The van der Waals surface area contributed by atoms with Crippen LogP contribution in [0.4, 0.5) is 11.4 Å². The highest BCUT2D eigenvalue weighted by molar-refractivity contribution is 5.74. The highest BCUT2D eigenvalue weighted by Crippen LogP contribution is 2.36. The average Bonchev–Trinajstić information content (AvgIpc) is 2.47. The molecule has 0 bridgehead atoms. The lowest BCUT2D eigenvalue weighted by Gasteiger charge is -2.28. The van der Waals surface area contributed by atoms with Crippen LogP contribution in [0.25, 0.3) is 0 Å². The molecule has 2 aromatic rings. The Morgan fingerprint density at radius 3 is 1.55 bits per heavy atom. The topological polar surface area (TPSA) is 29.3 Å². The van der Waals surface area contributed by atoms with Crippen molar-refractivity contribution in [3.63, 3.8) is 0 Å². The molecule has 0 aliphatic carbocycles. The van der Waals surface area contributed by atoms with Gasteiger partial charge in [-0.2, -0.15) is 0 Å². The van der Waals surface area contributed by atoms with Crippen molar-refractivity contribution >= 4 is 11.4 Å². The van der Waals surface area contributed by atoms with Crippen LogP contribution in [-0.2, 0) is 0 Å². The number of aryl methyl sites for hydroxylation is 3. The van der Waals surface area contributed by atoms with E-state index in [1.165, 1.54) is 44.5 Å². The Hall–Kier alpha value is -1.80. The molecule has 0 aromatic heterocycles. The number of nitrogens with two attached hydrogens (primary N) is 1. The van der Waals surface area contributed by atoms with E-state index < -0.39 is 0 Å². The summed E-state index contributed by atoms with van der Waals surface area (Å²) in [4.78, 5) is 0. The van der Waals surface area contributed by atoms with E-state index >= 15 is 0 Å². The number of anilines is 2. The van der Waals surface area contributed by atoms with E-state index in [2.05, 4.69) is 67.5 Å². The molecule has 0 fully saturated rings. The predicted octanol–water partition coefficient (Wildman–Crippen LogP) is 5.17. The first-order valence-corrected chi connectivity index (χ1v) is 7.86. The first kappa shape index (κ1) is 16.6. The normalized spacial score (nSPS) is 11.0. The van der Waals surface area contributed by atoms with Crippen molar-refractivity contribution in [1.82, 2.24) is 0 Å². The Bertz CT molecular complexity index is 716. The second-order valence-corrected chi connectivity index (χ2v) is 6.57. The second-order valence-electron chi connectivity index (χ2n) is 6.57. The maximum atomic E-state index is 6.58. The van der Waals surface area contributed by atoms with Gasteiger partial charge in [-0.3, -0.25) is 5.01 Å². The lowest BCUT2D eigenvalue weighted by Crippen LogP contribution is -2.28. The van der Waals surface area contributed by atoms with Gasteiger partial charge in [0.15, 0.2) is 0 Å². The maximum Gasteiger partial charge on any atom is 0.0638 e. The van der Waals surface area contributed by atoms with Gasteiger partial charge >= 0.3 is 0 Å². The van der Waals surface area contributed by atoms with Crippen LogP contribution in [0.5, 0.6) is 0 Å². The molecule has 118 valence electrons. The minimum Gasteiger partial charge on any atom is -0.279 e. The molecule has 0 radical (unpaired) electrons. The summed E-state index contributed by atoms with van der Waals surface area (Å²) in [5, 5.41) is 1.87. The van der Waals surface area contributed by atoms with Crippen LogP contribution in [0.2, 0.25) is 0 Å². The third kappa shape index (κ3) is 2.52. The molecule has 22 heavy (non-hydrogen) atoms. The van der Waals surface area contributed by atoms with E-state index in [0.29, 0.717) is 0 Å². The van der Waals surface area contributed by atoms with Gasteiger partial charge in [-0.1, -0.05) is 6.07 Å². The number of hydrogen-bond donors (Lipinski definition) is 1. The van der Waals surface area contributed by atoms with Gasteiger partial charge in [-0.25, -0.2) is 5.84 Å². The van der Waals surface area contributed by atoms with Crippen LogP contribution < -0.4 is 10.9 Å². The molecule has 0 spiro atoms. The van der Waals surface area contributed by atoms with Gasteiger partial charge in [0, 0.05) is 0 Å². The molecule has 2 N–H and O–H groups in total. The number of hydrazine groups is 1. The summed E-state index contributed by atoms with van der Waals surface area (Å²) in [6.45, 7) is 17.3. The summed E-state index contributed by atoms with van der Waals surface area (Å²) in [7, 11) is 0. The summed E-state index contributed by atoms with van der Waals surface area (Å²) in [5.74, 6) is 6.58. The highest BCUT2D eigenvalue weighted by atomic mass is 15.4. The minimum absolute atomic E-state index is 1.09. The molecule has 0 aliphatic rings. The Morgan fingerprint density at radius 1 is 0.591 bits per heavy atom. The first-order chi connectivity index (χ1) is 10.2. The molecule has 2 rings (SSSR count). The molecule has 2 nitrogen and oxygen atoms in total. The molecule has 0 unspecified atom stereocenters. The van der Waals surface area contributed by atoms with Crippen LogP contribution in [0.1, 0.15) is 44.5 Å². The van der Waals surface area contributed by atoms with E-state index in [1.807, 2.05) is 5.01 Å². The lowest BCUT2D eigenvalue weighted by molar-refractivity contribution is 1.02. The number of benzene rings is 2. The smallest absolute Gasteiger partial charge is 0.0638 e. The SMILES string of the molecule is Cc1cc(N(N)c2c(C)c(C)cc(C)c2C)c(C)c(C)c1C. The zero-order valence-corrected chi connectivity index (χ0v) is 15.2. The molecule has 0 saturated carbocycles. The van der Waals surface area contributed by atoms with Gasteiger partial charge in [0.25, 0.3) is 0 Å². The van der Waals surface area contributed by atoms with Gasteiger partial charge in [0.05, 0.1) is 11.4 Å². The van der Waals surface area contributed by atoms with Crippen LogP contribution in [0, 0.1) is 55.4 Å². The first-order valence-electron chi connectivity index (χ1n) is 7.86. The Labute approximate surface area is 134 Å². The number of hydrogen-bond acceptors (Lipinski definition) is 2. The van der Waals surface area contributed by atoms with Crippen molar-refractivity contribution in [1.29, 1.82) is 0 Å². The molecule has 2 aromatic carbocycles. The van der Waals surface area contributed by atoms with E-state index in [4.69, 9.17) is 5.84 Å². The Morgan fingerprint density at radius 2 is 1.05 bits per heavy atom. The summed E-state index contributed by atoms with van der Waals surface area (Å²) >= 11 is 0. The van der Waals surface area contributed by atoms with Crippen molar-refractivity contribution in [2.45, 2.75) is 55.4 Å². The summed E-state index contributed by atoms with van der Waals surface area (Å²) in [6.07, 6.45) is 0. The predicted molar refractivity (Wildman–Crippen MR) is 97.1 cm³/mol. The standard InChI is InChI=1S/C20H28N2/c1-11-9-12(2)16(6)20(15(11)5)22(21)19-10-13(3)14(4)17(7)18(19)8/h9-10H,21H2,1-8H3. The molecule has 2 heteroatoms. The highest BCUT2D eigenvalue weighted by Gasteiger charge is 2.18. The zero-order chi connectivity index (χ0) is 16.8. The monoisotopic (exact) mass is 296 g/mol. The van der Waals surface area contributed by atoms with Gasteiger partial charge in [-0.05, 0) is 106 Å². The fourth-order valence-electron chi connectivity index (χ4n) is 3.12. The number of nitrogens with zero attached hydrogens (tertiary/aromatic N) is 1. The third-order valence-electron chi connectivity index (χ3n) is 5.28. The van der Waals surface area contributed by atoms with Crippen molar-refractivity contribution in [3.05, 3.63) is 56.6 Å². The second kappa shape index (κ2) is 5.77. The lowest BCUT2D eigenvalue weighted by atomic mass is 9.95. The van der Waals surface area contributed by atoms with Crippen molar-refractivity contribution in [2.24, 2.45) is 5.84 Å². The summed E-state index contributed by atoms with van der Waals surface area (Å²) < 4.78 is 0. The van der Waals surface area contributed by atoms with Crippen LogP contribution in [-0.4, -0.2) is 0 Å². The van der Waals surface area contributed by atoms with Gasteiger partial charge in [-0.15, -0.1) is 0 Å². The number of rotatable bonds is 2. The summed E-state index contributed by atoms with van der Waals surface area (Å²) in [5.41, 5.74) is 12.5. The fourth-order valence-corrected chi connectivity index (χ4v) is 3.12. The minimum atomic E-state index is 1.09. The quantitative estimate of drug-likeness (QED) is 0.612. The Kier molecular flexibility index (Phi) is 4.35. The van der Waals surface area contributed by atoms with Gasteiger partial charge < -0.3 is 0 Å². The van der Waals surface area contributed by atoms with Gasteiger partial charge in [0.2, 0.25) is 0 Å². The van der Waals surface area contributed by atoms with E-state index in [9.17, 15) is 0 Å². The zero-order valence-electron chi connectivity index (χ0n) is 15.2. The van der Waals surface area contributed by atoms with Crippen molar-refractivity contribution in [3.8, 4) is 0 Å². The van der Waals surface area contributed by atoms with Crippen LogP contribution in [0.3, 0.4) is 0 Å². The third-order valence-corrected chi connectivity index (χ3v) is 5.28. The maximum absolute atomic E-state index is 6.58. The van der Waals surface area contributed by atoms with E-state index in [-0.39, 0.29) is 0 Å².